The molecule has 0 nitrogen and oxygen atoms in total. The molecule has 0 spiro atoms. The Morgan fingerprint density at radius 1 is 1.00 bits per heavy atom. The monoisotopic (exact) mass is 212 g/mol. The van der Waals surface area contributed by atoms with Crippen LogP contribution in [0.25, 0.3) is 0 Å². The smallest absolute Gasteiger partial charge is 1.00 e. The Labute approximate surface area is 76.3 Å². The van der Waals surface area contributed by atoms with Crippen LogP contribution in [0, 0.1) is 0 Å². The van der Waals surface area contributed by atoms with Crippen LogP contribution in [-0.4, -0.2) is 6.66 Å². The molecule has 7 heavy (non-hydrogen) atoms. The van der Waals surface area contributed by atoms with E-state index in [0.717, 1.165) is 0 Å². The van der Waals surface area contributed by atoms with Gasteiger partial charge in [0.25, 0.3) is 0 Å². The van der Waals surface area contributed by atoms with Crippen molar-refractivity contribution in [2.45, 2.75) is 13.1 Å². The summed E-state index contributed by atoms with van der Waals surface area (Å²) in [7, 11) is 0. The molecular weight excluding hydrogens is 206 g/mol. The normalized spacial score (nSPS) is 5.29. The predicted molar refractivity (Wildman–Crippen MR) is 18.9 cm³/mol. The maximum absolute atomic E-state index is 2.31. The third-order valence-corrected chi connectivity index (χ3v) is 0. The van der Waals surface area contributed by atoms with Crippen LogP contribution in [0.2, 0.25) is 13.1 Å². The van der Waals surface area contributed by atoms with Crippen LogP contribution in [-0.2, 0) is 19.7 Å². The maximum Gasteiger partial charge on any atom is -1.00 e. The zero-order valence-corrected chi connectivity index (χ0v) is 9.20. The molecule has 0 saturated heterocycles. The minimum atomic E-state index is -0.139. The van der Waals surface area contributed by atoms with Crippen molar-refractivity contribution in [3.05, 3.63) is 0 Å². The average Bonchev–Trinajstić information content (AvgIpc) is 0.811. The molecule has 0 bridgehead atoms. The molecular formula is C2H7Cl3SiTi. The summed E-state index contributed by atoms with van der Waals surface area (Å²) in [6, 6.07) is 0. The molecule has 0 unspecified atom stereocenters. The summed E-state index contributed by atoms with van der Waals surface area (Å²) >= 11 is 2.31. The van der Waals surface area contributed by atoms with Crippen molar-refractivity contribution < 1.29 is 56.9 Å². The van der Waals surface area contributed by atoms with E-state index in [1.807, 2.05) is 0 Å². The van der Waals surface area contributed by atoms with Gasteiger partial charge in [0.2, 0.25) is 0 Å². The van der Waals surface area contributed by atoms with Crippen molar-refractivity contribution in [3.63, 3.8) is 0 Å². The first kappa shape index (κ1) is 23.2. The number of hydrogen-bond acceptors (Lipinski definition) is 0. The largest absolute Gasteiger partial charge is 1.00 e. The fourth-order valence-electron chi connectivity index (χ4n) is 0. The van der Waals surface area contributed by atoms with E-state index in [1.54, 1.807) is 0 Å². The Bertz CT molecular complexity index is 17.7. The van der Waals surface area contributed by atoms with Crippen LogP contribution in [0.5, 0.6) is 0 Å². The van der Waals surface area contributed by atoms with Crippen molar-refractivity contribution in [2.75, 3.05) is 0 Å². The van der Waals surface area contributed by atoms with Crippen LogP contribution in [0.1, 0.15) is 0 Å². The molecule has 5 heteroatoms. The molecule has 0 rings (SSSR count). The van der Waals surface area contributed by atoms with Crippen LogP contribution in [0.3, 0.4) is 0 Å². The van der Waals surface area contributed by atoms with Crippen molar-refractivity contribution in [2.24, 2.45) is 0 Å². The first-order valence-corrected chi connectivity index (χ1v) is 7.03. The summed E-state index contributed by atoms with van der Waals surface area (Å²) in [6.45, 7) is 4.47. The molecule has 0 aliphatic carbocycles. The predicted octanol–water partition coefficient (Wildman–Crippen LogP) is -8.47. The van der Waals surface area contributed by atoms with Crippen molar-refractivity contribution >= 4 is 6.66 Å². The van der Waals surface area contributed by atoms with E-state index in [2.05, 4.69) is 32.8 Å². The third-order valence-electron chi connectivity index (χ3n) is 0. The Hall–Kier alpha value is 1.80. The van der Waals surface area contributed by atoms with E-state index >= 15 is 0 Å². The van der Waals surface area contributed by atoms with E-state index in [9.17, 15) is 0 Å². The summed E-state index contributed by atoms with van der Waals surface area (Å²) in [5.74, 6) is 0. The van der Waals surface area contributed by atoms with Gasteiger partial charge in [0.15, 0.2) is 0 Å². The molecule has 0 radical (unpaired) electrons. The van der Waals surface area contributed by atoms with Crippen LogP contribution < -0.4 is 37.2 Å². The van der Waals surface area contributed by atoms with Gasteiger partial charge < -0.3 is 37.2 Å². The second-order valence-electron chi connectivity index (χ2n) is 1.15. The topological polar surface area (TPSA) is 0 Å². The molecule has 0 amide bonds. The van der Waals surface area contributed by atoms with Gasteiger partial charge in [-0.05, 0) is 0 Å². The number of rotatable bonds is 0. The molecule has 0 saturated carbocycles. The fraction of sp³-hybridized carbons (Fsp3) is 1.00. The molecule has 44 valence electrons. The zero-order valence-electron chi connectivity index (χ0n) is 4.21. The standard InChI is InChI=1S/C2H7Si.3ClH.Ti/c1-3-2;;;;/h3H,1-2H3;3*1H;/q;;;;+3/p-3. The Kier molecular flexibility index (Phi) is 52.0. The molecule has 0 aromatic rings. The van der Waals surface area contributed by atoms with Gasteiger partial charge in [-0.1, -0.05) is 0 Å². The van der Waals surface area contributed by atoms with Crippen LogP contribution in [0.4, 0.5) is 0 Å². The first-order valence-electron chi connectivity index (χ1n) is 1.44. The van der Waals surface area contributed by atoms with E-state index in [4.69, 9.17) is 0 Å². The van der Waals surface area contributed by atoms with E-state index in [1.165, 1.54) is 0 Å². The molecule has 0 aromatic heterocycles. The fourth-order valence-corrected chi connectivity index (χ4v) is 0. The molecule has 0 N–H and O–H groups in total. The van der Waals surface area contributed by atoms with Gasteiger partial charge in [0, 0.05) is 0 Å². The van der Waals surface area contributed by atoms with E-state index < -0.39 is 0 Å². The van der Waals surface area contributed by atoms with Gasteiger partial charge in [-0.3, -0.25) is 0 Å². The Morgan fingerprint density at radius 3 is 1.00 bits per heavy atom. The molecule has 0 fully saturated rings. The second kappa shape index (κ2) is 15.7. The Morgan fingerprint density at radius 2 is 1.00 bits per heavy atom. The van der Waals surface area contributed by atoms with Gasteiger partial charge in [-0.2, -0.15) is 0 Å². The number of hydrogen-bond donors (Lipinski definition) is 0. The summed E-state index contributed by atoms with van der Waals surface area (Å²) in [5.41, 5.74) is 0. The minimum absolute atomic E-state index is 0. The van der Waals surface area contributed by atoms with Crippen LogP contribution in [0.15, 0.2) is 0 Å². The molecule has 0 atom stereocenters. The van der Waals surface area contributed by atoms with Gasteiger partial charge in [-0.15, -0.1) is 0 Å². The van der Waals surface area contributed by atoms with E-state index in [0.29, 0.717) is 0 Å². The van der Waals surface area contributed by atoms with Gasteiger partial charge >= 0.3 is 39.4 Å². The Balaban J connectivity index is -0.0000000150. The van der Waals surface area contributed by atoms with Gasteiger partial charge in [-0.25, -0.2) is 0 Å². The maximum atomic E-state index is 2.31. The van der Waals surface area contributed by atoms with Crippen molar-refractivity contribution in [1.29, 1.82) is 0 Å². The van der Waals surface area contributed by atoms with Crippen LogP contribution >= 0.6 is 0 Å². The quantitative estimate of drug-likeness (QED) is 0.351. The molecule has 0 heterocycles. The van der Waals surface area contributed by atoms with E-state index in [-0.39, 0.29) is 43.9 Å². The number of halogens is 3. The first-order chi connectivity index (χ1) is 1.73. The average molecular weight is 213 g/mol. The zero-order chi connectivity index (χ0) is 3.58. The minimum Gasteiger partial charge on any atom is -1.00 e. The van der Waals surface area contributed by atoms with Gasteiger partial charge in [0.05, 0.1) is 0 Å². The molecule has 0 aliphatic rings. The van der Waals surface area contributed by atoms with Crippen molar-refractivity contribution in [3.8, 4) is 0 Å². The molecule has 0 aliphatic heterocycles. The van der Waals surface area contributed by atoms with Gasteiger partial charge in [0.1, 0.15) is 0 Å². The second-order valence-corrected chi connectivity index (χ2v) is 8.87. The molecule has 0 aromatic carbocycles. The van der Waals surface area contributed by atoms with Crippen molar-refractivity contribution in [1.82, 2.24) is 0 Å². The summed E-state index contributed by atoms with van der Waals surface area (Å²) in [6.07, 6.45) is 0. The summed E-state index contributed by atoms with van der Waals surface area (Å²) < 4.78 is 0. The summed E-state index contributed by atoms with van der Waals surface area (Å²) in [4.78, 5) is 0. The SMILES string of the molecule is C[SiH](C)[Ti+3].[Cl-].[Cl-].[Cl-]. The summed E-state index contributed by atoms with van der Waals surface area (Å²) in [5, 5.41) is 0. The third kappa shape index (κ3) is 80.9.